The molecule has 0 atom stereocenters. The summed E-state index contributed by atoms with van der Waals surface area (Å²) in [6.07, 6.45) is 7.99. The molecule has 1 heterocycles. The Kier molecular flexibility index (Phi) is 5.37. The molecule has 1 aromatic rings. The number of hydrogen-bond donors (Lipinski definition) is 0. The molecule has 0 N–H and O–H groups in total. The minimum atomic E-state index is 0.816. The van der Waals surface area contributed by atoms with E-state index >= 15 is 0 Å². The fourth-order valence-corrected chi connectivity index (χ4v) is 1.73. The van der Waals surface area contributed by atoms with Crippen molar-refractivity contribution in [3.63, 3.8) is 0 Å². The van der Waals surface area contributed by atoms with Crippen LogP contribution in [-0.2, 0) is 13.0 Å². The molecule has 0 spiro atoms. The van der Waals surface area contributed by atoms with Gasteiger partial charge in [0.2, 0.25) is 0 Å². The molecule has 0 radical (unpaired) electrons. The maximum absolute atomic E-state index is 4.12. The summed E-state index contributed by atoms with van der Waals surface area (Å²) in [5.41, 5.74) is 1.28. The van der Waals surface area contributed by atoms with Crippen LogP contribution in [0.5, 0.6) is 0 Å². The zero-order chi connectivity index (χ0) is 11.1. The van der Waals surface area contributed by atoms with Crippen LogP contribution in [0.1, 0.15) is 52.1 Å². The lowest BCUT2D eigenvalue weighted by Crippen LogP contribution is -2.05. The molecular weight excluding hydrogens is 186 g/mol. The molecule has 15 heavy (non-hydrogen) atoms. The largest absolute Gasteiger partial charge is 0.249 e. The van der Waals surface area contributed by atoms with Crippen LogP contribution in [0.3, 0.4) is 0 Å². The molecule has 86 valence electrons. The second kappa shape index (κ2) is 6.59. The Hall–Kier alpha value is -0.860. The summed E-state index contributed by atoms with van der Waals surface area (Å²) in [6, 6.07) is 0. The molecule has 0 amide bonds. The van der Waals surface area contributed by atoms with Gasteiger partial charge in [0.25, 0.3) is 0 Å². The Morgan fingerprint density at radius 2 is 2.13 bits per heavy atom. The van der Waals surface area contributed by atoms with Crippen molar-refractivity contribution in [1.29, 1.82) is 0 Å². The van der Waals surface area contributed by atoms with Gasteiger partial charge < -0.3 is 0 Å². The average Bonchev–Trinajstić information content (AvgIpc) is 2.61. The zero-order valence-electron chi connectivity index (χ0n) is 10.2. The Labute approximate surface area is 92.9 Å². The zero-order valence-corrected chi connectivity index (χ0v) is 10.2. The molecule has 0 aliphatic carbocycles. The lowest BCUT2D eigenvalue weighted by Gasteiger charge is -2.06. The fraction of sp³-hybridized carbons (Fsp3) is 0.833. The first-order valence-corrected chi connectivity index (χ1v) is 6.11. The third kappa shape index (κ3) is 4.45. The lowest BCUT2D eigenvalue weighted by molar-refractivity contribution is 0.476. The Morgan fingerprint density at radius 1 is 1.33 bits per heavy atom. The summed E-state index contributed by atoms with van der Waals surface area (Å²) in [4.78, 5) is 0. The molecule has 0 aliphatic rings. The third-order valence-electron chi connectivity index (χ3n) is 2.61. The van der Waals surface area contributed by atoms with E-state index in [-0.39, 0.29) is 0 Å². The second-order valence-corrected chi connectivity index (χ2v) is 4.59. The van der Waals surface area contributed by atoms with Gasteiger partial charge in [-0.2, -0.15) is 0 Å². The Morgan fingerprint density at radius 3 is 2.80 bits per heavy atom. The highest BCUT2D eigenvalue weighted by Crippen LogP contribution is 2.08. The quantitative estimate of drug-likeness (QED) is 0.646. The first-order valence-electron chi connectivity index (χ1n) is 6.11. The van der Waals surface area contributed by atoms with Gasteiger partial charge in [0.05, 0.1) is 11.9 Å². The van der Waals surface area contributed by atoms with E-state index in [0.717, 1.165) is 18.9 Å². The predicted molar refractivity (Wildman–Crippen MR) is 62.7 cm³/mol. The Bertz CT molecular complexity index is 266. The van der Waals surface area contributed by atoms with Crippen LogP contribution < -0.4 is 0 Å². The molecule has 0 aliphatic heterocycles. The van der Waals surface area contributed by atoms with Gasteiger partial charge in [0.1, 0.15) is 0 Å². The molecule has 3 heteroatoms. The minimum absolute atomic E-state index is 0.816. The van der Waals surface area contributed by atoms with Gasteiger partial charge in [-0.15, -0.1) is 5.10 Å². The van der Waals surface area contributed by atoms with Gasteiger partial charge in [-0.1, -0.05) is 45.2 Å². The van der Waals surface area contributed by atoms with Crippen LogP contribution in [0.2, 0.25) is 0 Å². The molecule has 0 bridgehead atoms. The van der Waals surface area contributed by atoms with E-state index in [1.807, 2.05) is 6.20 Å². The molecule has 1 aromatic heterocycles. The molecule has 0 saturated carbocycles. The topological polar surface area (TPSA) is 30.7 Å². The highest BCUT2D eigenvalue weighted by atomic mass is 15.4. The first kappa shape index (κ1) is 12.2. The second-order valence-electron chi connectivity index (χ2n) is 4.59. The molecule has 3 nitrogen and oxygen atoms in total. The number of aryl methyl sites for hydroxylation is 2. The Balaban J connectivity index is 2.27. The van der Waals surface area contributed by atoms with Gasteiger partial charge >= 0.3 is 0 Å². The van der Waals surface area contributed by atoms with Gasteiger partial charge in [0, 0.05) is 6.54 Å². The highest BCUT2D eigenvalue weighted by molar-refractivity contribution is 4.93. The molecular formula is C12H23N3. The minimum Gasteiger partial charge on any atom is -0.249 e. The summed E-state index contributed by atoms with van der Waals surface area (Å²) in [5.74, 6) is 0.816. The van der Waals surface area contributed by atoms with Crippen molar-refractivity contribution >= 4 is 0 Å². The van der Waals surface area contributed by atoms with Crippen LogP contribution in [0.4, 0.5) is 0 Å². The summed E-state index contributed by atoms with van der Waals surface area (Å²) >= 11 is 0. The lowest BCUT2D eigenvalue weighted by atomic mass is 10.1. The van der Waals surface area contributed by atoms with E-state index in [2.05, 4.69) is 35.8 Å². The van der Waals surface area contributed by atoms with Gasteiger partial charge in [-0.3, -0.25) is 0 Å². The number of unbranched alkanes of at least 4 members (excludes halogenated alkanes) is 1. The van der Waals surface area contributed by atoms with E-state index in [1.165, 1.54) is 31.4 Å². The summed E-state index contributed by atoms with van der Waals surface area (Å²) < 4.78 is 2.06. The van der Waals surface area contributed by atoms with E-state index < -0.39 is 0 Å². The summed E-state index contributed by atoms with van der Waals surface area (Å²) in [5, 5.41) is 8.09. The van der Waals surface area contributed by atoms with Crippen molar-refractivity contribution < 1.29 is 0 Å². The van der Waals surface area contributed by atoms with Crippen molar-refractivity contribution in [1.82, 2.24) is 15.0 Å². The SMILES string of the molecule is CCCc1cnnn1CCCCC(C)C. The van der Waals surface area contributed by atoms with Crippen LogP contribution in [-0.4, -0.2) is 15.0 Å². The normalized spacial score (nSPS) is 11.2. The van der Waals surface area contributed by atoms with Crippen molar-refractivity contribution in [2.45, 2.75) is 59.4 Å². The maximum atomic E-state index is 4.12. The third-order valence-corrected chi connectivity index (χ3v) is 2.61. The van der Waals surface area contributed by atoms with Crippen molar-refractivity contribution in [3.8, 4) is 0 Å². The number of rotatable bonds is 7. The molecule has 0 fully saturated rings. The number of aromatic nitrogens is 3. The molecule has 0 saturated heterocycles. The van der Waals surface area contributed by atoms with Crippen LogP contribution in [0, 0.1) is 5.92 Å². The monoisotopic (exact) mass is 209 g/mol. The highest BCUT2D eigenvalue weighted by Gasteiger charge is 2.02. The summed E-state index contributed by atoms with van der Waals surface area (Å²) in [7, 11) is 0. The van der Waals surface area contributed by atoms with Crippen LogP contribution >= 0.6 is 0 Å². The average molecular weight is 209 g/mol. The van der Waals surface area contributed by atoms with Crippen LogP contribution in [0.25, 0.3) is 0 Å². The van der Waals surface area contributed by atoms with Crippen molar-refractivity contribution in [3.05, 3.63) is 11.9 Å². The van der Waals surface area contributed by atoms with Crippen molar-refractivity contribution in [2.24, 2.45) is 5.92 Å². The summed E-state index contributed by atoms with van der Waals surface area (Å²) in [6.45, 7) is 7.77. The standard InChI is InChI=1S/C12H23N3/c1-4-7-12-10-13-14-15(12)9-6-5-8-11(2)3/h10-11H,4-9H2,1-3H3. The van der Waals surface area contributed by atoms with E-state index in [1.54, 1.807) is 0 Å². The van der Waals surface area contributed by atoms with Gasteiger partial charge in [-0.25, -0.2) is 4.68 Å². The van der Waals surface area contributed by atoms with Gasteiger partial charge in [0.15, 0.2) is 0 Å². The first-order chi connectivity index (χ1) is 7.24. The van der Waals surface area contributed by atoms with Gasteiger partial charge in [-0.05, 0) is 18.8 Å². The smallest absolute Gasteiger partial charge is 0.0725 e. The predicted octanol–water partition coefficient (Wildman–Crippen LogP) is 3.06. The molecule has 0 aromatic carbocycles. The van der Waals surface area contributed by atoms with Crippen molar-refractivity contribution in [2.75, 3.05) is 0 Å². The molecule has 1 rings (SSSR count). The number of hydrogen-bond acceptors (Lipinski definition) is 2. The fourth-order valence-electron chi connectivity index (χ4n) is 1.73. The van der Waals surface area contributed by atoms with E-state index in [4.69, 9.17) is 0 Å². The maximum Gasteiger partial charge on any atom is 0.0725 e. The van der Waals surface area contributed by atoms with E-state index in [9.17, 15) is 0 Å². The molecule has 0 unspecified atom stereocenters. The number of nitrogens with zero attached hydrogens (tertiary/aromatic N) is 3. The van der Waals surface area contributed by atoms with E-state index in [0.29, 0.717) is 0 Å². The van der Waals surface area contributed by atoms with Crippen LogP contribution in [0.15, 0.2) is 6.20 Å².